The molecule has 0 bridgehead atoms. The van der Waals surface area contributed by atoms with Crippen molar-refractivity contribution in [2.24, 2.45) is 5.92 Å². The number of aliphatic hydroxyl groups is 1. The Kier molecular flexibility index (Phi) is 7.95. The van der Waals surface area contributed by atoms with Crippen molar-refractivity contribution in [3.05, 3.63) is 64.3 Å². The topological polar surface area (TPSA) is 100 Å². The molecule has 0 radical (unpaired) electrons. The van der Waals surface area contributed by atoms with E-state index in [1.54, 1.807) is 25.6 Å². The van der Waals surface area contributed by atoms with E-state index in [4.69, 9.17) is 21.3 Å². The van der Waals surface area contributed by atoms with E-state index in [-0.39, 0.29) is 17.0 Å². The Balaban J connectivity index is 1.33. The third-order valence-corrected chi connectivity index (χ3v) is 10.0. The molecule has 37 heavy (non-hydrogen) atoms. The number of amides is 1. The molecule has 5 heterocycles. The van der Waals surface area contributed by atoms with Gasteiger partial charge < -0.3 is 15.2 Å². The number of rotatable bonds is 6. The summed E-state index contributed by atoms with van der Waals surface area (Å²) in [5.41, 5.74) is 4.85. The minimum absolute atomic E-state index is 0.216. The Morgan fingerprint density at radius 2 is 2.03 bits per heavy atom. The van der Waals surface area contributed by atoms with Gasteiger partial charge in [-0.25, -0.2) is 9.97 Å². The maximum Gasteiger partial charge on any atom is 0.259 e. The zero-order valence-electron chi connectivity index (χ0n) is 21.1. The van der Waals surface area contributed by atoms with E-state index in [0.717, 1.165) is 55.2 Å². The van der Waals surface area contributed by atoms with Crippen LogP contribution in [0.15, 0.2) is 36.7 Å². The molecular weight excluding hydrogens is 510 g/mol. The van der Waals surface area contributed by atoms with Crippen LogP contribution in [-0.4, -0.2) is 62.8 Å². The fourth-order valence-corrected chi connectivity index (χ4v) is 7.78. The minimum atomic E-state index is -0.297. The Hall–Kier alpha value is -2.72. The number of aryl methyl sites for hydroxylation is 2. The lowest BCUT2D eigenvalue weighted by atomic mass is 10.00. The molecule has 2 aliphatic heterocycles. The molecule has 3 aromatic rings. The summed E-state index contributed by atoms with van der Waals surface area (Å²) in [5, 5.41) is 12.7. The van der Waals surface area contributed by atoms with E-state index in [1.807, 2.05) is 19.1 Å². The van der Waals surface area contributed by atoms with E-state index >= 15 is 0 Å². The van der Waals surface area contributed by atoms with Crippen LogP contribution >= 0.6 is 22.7 Å². The highest BCUT2D eigenvalue weighted by molar-refractivity contribution is 8.14. The first-order chi connectivity index (χ1) is 17.9. The van der Waals surface area contributed by atoms with Crippen molar-refractivity contribution in [1.82, 2.24) is 19.3 Å². The lowest BCUT2D eigenvalue weighted by molar-refractivity contribution is 0.102. The SMILES string of the molecule is COc1cnc(Cl)cc1-c1cc(C)ncc1C(=O)Nc1ccc2c(n1)CC[SH](N1CCC(CO)CC1)C2. The van der Waals surface area contributed by atoms with Crippen LogP contribution in [0.25, 0.3) is 11.1 Å². The highest BCUT2D eigenvalue weighted by Gasteiger charge is 2.26. The van der Waals surface area contributed by atoms with Gasteiger partial charge in [-0.1, -0.05) is 17.7 Å². The third-order valence-electron chi connectivity index (χ3n) is 7.15. The second kappa shape index (κ2) is 11.3. The Labute approximate surface area is 224 Å². The molecule has 1 atom stereocenters. The molecule has 1 unspecified atom stereocenters. The average Bonchev–Trinajstić information content (AvgIpc) is 2.92. The van der Waals surface area contributed by atoms with Gasteiger partial charge in [-0.05, 0) is 61.6 Å². The van der Waals surface area contributed by atoms with Gasteiger partial charge in [-0.15, -0.1) is 0 Å². The van der Waals surface area contributed by atoms with Crippen LogP contribution in [0.3, 0.4) is 0 Å². The van der Waals surface area contributed by atoms with Crippen LogP contribution in [0.4, 0.5) is 5.82 Å². The van der Waals surface area contributed by atoms with Gasteiger partial charge in [0, 0.05) is 54.2 Å². The monoisotopic (exact) mass is 541 g/mol. The molecule has 10 heteroatoms. The van der Waals surface area contributed by atoms with Crippen LogP contribution in [0.5, 0.6) is 5.75 Å². The van der Waals surface area contributed by atoms with Crippen molar-refractivity contribution in [3.8, 4) is 16.9 Å². The lowest BCUT2D eigenvalue weighted by Gasteiger charge is -2.41. The van der Waals surface area contributed by atoms with E-state index in [9.17, 15) is 9.90 Å². The van der Waals surface area contributed by atoms with Gasteiger partial charge >= 0.3 is 0 Å². The van der Waals surface area contributed by atoms with Gasteiger partial charge in [-0.2, -0.15) is 11.1 Å². The van der Waals surface area contributed by atoms with Crippen molar-refractivity contribution >= 4 is 34.4 Å². The molecule has 1 amide bonds. The number of aliphatic hydroxyl groups excluding tert-OH is 1. The number of carbonyl (C=O) groups is 1. The first kappa shape index (κ1) is 25.9. The fourth-order valence-electron chi connectivity index (χ4n) is 5.03. The summed E-state index contributed by atoms with van der Waals surface area (Å²) in [6.45, 7) is 4.33. The maximum atomic E-state index is 13.4. The highest BCUT2D eigenvalue weighted by atomic mass is 35.5. The summed E-state index contributed by atoms with van der Waals surface area (Å²) < 4.78 is 8.11. The molecule has 3 aromatic heterocycles. The summed E-state index contributed by atoms with van der Waals surface area (Å²) in [7, 11) is 1.56. The predicted molar refractivity (Wildman–Crippen MR) is 149 cm³/mol. The molecule has 0 saturated carbocycles. The first-order valence-electron chi connectivity index (χ1n) is 12.5. The van der Waals surface area contributed by atoms with Crippen LogP contribution in [0.1, 0.15) is 40.2 Å². The molecule has 0 aromatic carbocycles. The number of pyridine rings is 3. The highest BCUT2D eigenvalue weighted by Crippen LogP contribution is 2.42. The third kappa shape index (κ3) is 5.75. The first-order valence-corrected chi connectivity index (χ1v) is 14.6. The molecule has 0 spiro atoms. The zero-order chi connectivity index (χ0) is 25.9. The van der Waals surface area contributed by atoms with Gasteiger partial charge in [-0.3, -0.25) is 14.1 Å². The van der Waals surface area contributed by atoms with Gasteiger partial charge in [0.2, 0.25) is 0 Å². The number of aromatic nitrogens is 3. The number of nitrogens with zero attached hydrogens (tertiary/aromatic N) is 4. The number of thiol groups is 1. The molecule has 2 aliphatic rings. The second-order valence-corrected chi connectivity index (χ2v) is 12.3. The molecular formula is C27H32ClN5O3S. The number of carbonyl (C=O) groups excluding carboxylic acids is 1. The van der Waals surface area contributed by atoms with Gasteiger partial charge in [0.25, 0.3) is 5.91 Å². The van der Waals surface area contributed by atoms with Gasteiger partial charge in [0.1, 0.15) is 16.7 Å². The normalized spacial score (nSPS) is 19.3. The van der Waals surface area contributed by atoms with E-state index in [1.165, 1.54) is 5.56 Å². The smallest absolute Gasteiger partial charge is 0.259 e. The van der Waals surface area contributed by atoms with Crippen LogP contribution < -0.4 is 10.1 Å². The number of fused-ring (bicyclic) bond motifs is 1. The fraction of sp³-hybridized carbons (Fsp3) is 0.407. The quantitative estimate of drug-likeness (QED) is 0.313. The number of ether oxygens (including phenoxy) is 1. The van der Waals surface area contributed by atoms with E-state index in [2.05, 4.69) is 25.7 Å². The minimum Gasteiger partial charge on any atom is -0.494 e. The number of piperidine rings is 1. The summed E-state index contributed by atoms with van der Waals surface area (Å²) in [4.78, 5) is 26.6. The number of hydrogen-bond donors (Lipinski definition) is 3. The van der Waals surface area contributed by atoms with Crippen LogP contribution in [0.2, 0.25) is 5.15 Å². The Morgan fingerprint density at radius 3 is 2.78 bits per heavy atom. The molecule has 196 valence electrons. The molecule has 5 rings (SSSR count). The molecule has 8 nitrogen and oxygen atoms in total. The molecule has 2 N–H and O–H groups in total. The molecule has 1 saturated heterocycles. The molecule has 1 fully saturated rings. The molecule has 0 aliphatic carbocycles. The van der Waals surface area contributed by atoms with Gasteiger partial charge in [0.05, 0.1) is 18.9 Å². The number of halogens is 1. The number of methoxy groups -OCH3 is 1. The summed E-state index contributed by atoms with van der Waals surface area (Å²) in [5.74, 6) is 3.36. The van der Waals surface area contributed by atoms with Crippen molar-refractivity contribution < 1.29 is 14.6 Å². The lowest BCUT2D eigenvalue weighted by Crippen LogP contribution is -2.35. The van der Waals surface area contributed by atoms with Crippen molar-refractivity contribution in [2.75, 3.05) is 37.9 Å². The van der Waals surface area contributed by atoms with Crippen molar-refractivity contribution in [2.45, 2.75) is 31.9 Å². The zero-order valence-corrected chi connectivity index (χ0v) is 22.7. The second-order valence-electron chi connectivity index (χ2n) is 9.55. The average molecular weight is 542 g/mol. The van der Waals surface area contributed by atoms with Crippen molar-refractivity contribution in [1.29, 1.82) is 0 Å². The van der Waals surface area contributed by atoms with Crippen molar-refractivity contribution in [3.63, 3.8) is 0 Å². The van der Waals surface area contributed by atoms with Gasteiger partial charge in [0.15, 0.2) is 0 Å². The van der Waals surface area contributed by atoms with Crippen LogP contribution in [-0.2, 0) is 12.2 Å². The Morgan fingerprint density at radius 1 is 1.22 bits per heavy atom. The number of anilines is 1. The Bertz CT molecular complexity index is 1300. The summed E-state index contributed by atoms with van der Waals surface area (Å²) in [6, 6.07) is 7.52. The standard InChI is InChI=1S/C27H32ClN5O3S/c1-17-11-20(21-12-25(28)30-14-24(21)36-2)22(13-29-17)27(35)32-26-4-3-19-16-37(10-7-23(19)31-26)33-8-5-18(15-34)6-9-33/h3-4,11-14,18,34,37H,5-10,15-16H2,1-2H3,(H,31,32,35). The van der Waals surface area contributed by atoms with E-state index in [0.29, 0.717) is 45.9 Å². The maximum absolute atomic E-state index is 13.4. The predicted octanol–water partition coefficient (Wildman–Crippen LogP) is 4.44. The number of hydrogen-bond acceptors (Lipinski definition) is 7. The largest absolute Gasteiger partial charge is 0.494 e. The number of nitrogens with one attached hydrogen (secondary N) is 1. The van der Waals surface area contributed by atoms with Crippen LogP contribution in [0, 0.1) is 12.8 Å². The summed E-state index contributed by atoms with van der Waals surface area (Å²) >= 11 is 5.95. The van der Waals surface area contributed by atoms with E-state index < -0.39 is 0 Å². The summed E-state index contributed by atoms with van der Waals surface area (Å²) in [6.07, 6.45) is 6.19.